The minimum Gasteiger partial charge on any atom is -0.359 e. The van der Waals surface area contributed by atoms with Crippen LogP contribution in [0, 0.1) is 22.7 Å². The van der Waals surface area contributed by atoms with Crippen LogP contribution in [0.15, 0.2) is 0 Å². The van der Waals surface area contributed by atoms with Crippen molar-refractivity contribution in [3.05, 3.63) is 0 Å². The lowest BCUT2D eigenvalue weighted by Gasteiger charge is -2.40. The second-order valence-electron chi connectivity index (χ2n) is 5.23. The molecular formula is C13H19N3O2. The smallest absolute Gasteiger partial charge is 0.243 e. The lowest BCUT2D eigenvalue weighted by atomic mass is 9.68. The summed E-state index contributed by atoms with van der Waals surface area (Å²) in [5.74, 6) is 0.0471. The lowest BCUT2D eigenvalue weighted by molar-refractivity contribution is -0.145. The number of nitrogens with zero attached hydrogens (tertiary/aromatic N) is 2. The molecule has 0 bridgehead atoms. The molecule has 0 atom stereocenters. The first-order valence-electron chi connectivity index (χ1n) is 6.55. The Morgan fingerprint density at radius 1 is 1.33 bits per heavy atom. The minimum atomic E-state index is -0.750. The maximum Gasteiger partial charge on any atom is 0.243 e. The number of rotatable bonds is 2. The van der Waals surface area contributed by atoms with Crippen molar-refractivity contribution in [1.82, 2.24) is 10.2 Å². The zero-order valence-corrected chi connectivity index (χ0v) is 10.7. The standard InChI is InChI=1S/C13H19N3O2/c1-15-11(17)10-3-7-16(8-4-10)12(18)13(9-14)5-2-6-13/h10H,2-8H2,1H3,(H,15,17). The van der Waals surface area contributed by atoms with E-state index in [0.717, 1.165) is 6.42 Å². The van der Waals surface area contributed by atoms with Crippen molar-refractivity contribution in [2.24, 2.45) is 11.3 Å². The van der Waals surface area contributed by atoms with Crippen molar-refractivity contribution in [3.8, 4) is 6.07 Å². The van der Waals surface area contributed by atoms with E-state index in [9.17, 15) is 9.59 Å². The molecule has 0 unspecified atom stereocenters. The molecule has 1 aliphatic carbocycles. The van der Waals surface area contributed by atoms with Crippen LogP contribution in [0.2, 0.25) is 0 Å². The van der Waals surface area contributed by atoms with Gasteiger partial charge in [-0.3, -0.25) is 9.59 Å². The highest BCUT2D eigenvalue weighted by Gasteiger charge is 2.47. The number of piperidine rings is 1. The summed E-state index contributed by atoms with van der Waals surface area (Å²) >= 11 is 0. The molecule has 0 aromatic carbocycles. The average molecular weight is 249 g/mol. The maximum absolute atomic E-state index is 12.3. The van der Waals surface area contributed by atoms with E-state index in [1.807, 2.05) is 0 Å². The Hall–Kier alpha value is -1.57. The van der Waals surface area contributed by atoms with Crippen LogP contribution in [0.5, 0.6) is 0 Å². The third-order valence-corrected chi connectivity index (χ3v) is 4.23. The Morgan fingerprint density at radius 3 is 2.33 bits per heavy atom. The summed E-state index contributed by atoms with van der Waals surface area (Å²) in [7, 11) is 1.64. The topological polar surface area (TPSA) is 73.2 Å². The predicted molar refractivity (Wildman–Crippen MR) is 65.3 cm³/mol. The van der Waals surface area contributed by atoms with Crippen molar-refractivity contribution in [2.75, 3.05) is 20.1 Å². The van der Waals surface area contributed by atoms with Crippen molar-refractivity contribution in [2.45, 2.75) is 32.1 Å². The molecule has 18 heavy (non-hydrogen) atoms. The first-order chi connectivity index (χ1) is 8.63. The molecule has 1 saturated carbocycles. The highest BCUT2D eigenvalue weighted by atomic mass is 16.2. The fourth-order valence-electron chi connectivity index (χ4n) is 2.76. The number of amides is 2. The van der Waals surface area contributed by atoms with Gasteiger partial charge in [-0.15, -0.1) is 0 Å². The number of hydrogen-bond acceptors (Lipinski definition) is 3. The Labute approximate surface area is 107 Å². The first kappa shape index (κ1) is 12.9. The number of nitrogens with one attached hydrogen (secondary N) is 1. The zero-order chi connectivity index (χ0) is 13.2. The Balaban J connectivity index is 1.92. The van der Waals surface area contributed by atoms with Crippen molar-refractivity contribution in [3.63, 3.8) is 0 Å². The molecule has 1 heterocycles. The fourth-order valence-corrected chi connectivity index (χ4v) is 2.76. The first-order valence-corrected chi connectivity index (χ1v) is 6.55. The SMILES string of the molecule is CNC(=O)C1CCN(C(=O)C2(C#N)CCC2)CC1. The zero-order valence-electron chi connectivity index (χ0n) is 10.7. The molecule has 1 saturated heterocycles. The van der Waals surface area contributed by atoms with Crippen LogP contribution >= 0.6 is 0 Å². The quantitative estimate of drug-likeness (QED) is 0.781. The molecule has 1 aliphatic heterocycles. The Morgan fingerprint density at radius 2 is 1.94 bits per heavy atom. The summed E-state index contributed by atoms with van der Waals surface area (Å²) in [6.07, 6.45) is 3.75. The third kappa shape index (κ3) is 2.07. The van der Waals surface area contributed by atoms with Gasteiger partial charge in [-0.2, -0.15) is 5.26 Å². The monoisotopic (exact) mass is 249 g/mol. The molecule has 1 N–H and O–H groups in total. The lowest BCUT2D eigenvalue weighted by Crippen LogP contribution is -2.50. The maximum atomic E-state index is 12.3. The van der Waals surface area contributed by atoms with E-state index in [0.29, 0.717) is 38.8 Å². The number of nitriles is 1. The molecule has 0 aromatic heterocycles. The van der Waals surface area contributed by atoms with E-state index in [1.54, 1.807) is 11.9 Å². The number of likely N-dealkylation sites (tertiary alicyclic amines) is 1. The van der Waals surface area contributed by atoms with Crippen LogP contribution in [-0.4, -0.2) is 36.9 Å². The molecule has 2 aliphatic rings. The van der Waals surface area contributed by atoms with Gasteiger partial charge in [0.05, 0.1) is 6.07 Å². The van der Waals surface area contributed by atoms with Crippen LogP contribution in [0.4, 0.5) is 0 Å². The van der Waals surface area contributed by atoms with Crippen molar-refractivity contribution >= 4 is 11.8 Å². The Kier molecular flexibility index (Phi) is 3.55. The van der Waals surface area contributed by atoms with Gasteiger partial charge in [-0.1, -0.05) is 0 Å². The van der Waals surface area contributed by atoms with Crippen LogP contribution in [0.3, 0.4) is 0 Å². The second-order valence-corrected chi connectivity index (χ2v) is 5.23. The van der Waals surface area contributed by atoms with E-state index in [1.165, 1.54) is 0 Å². The van der Waals surface area contributed by atoms with Gasteiger partial charge in [0.25, 0.3) is 0 Å². The molecule has 0 spiro atoms. The van der Waals surface area contributed by atoms with Gasteiger partial charge in [-0.25, -0.2) is 0 Å². The van der Waals surface area contributed by atoms with E-state index in [4.69, 9.17) is 5.26 Å². The molecule has 2 amide bonds. The Bertz CT molecular complexity index is 388. The molecule has 0 aromatic rings. The predicted octanol–water partition coefficient (Wildman–Crippen LogP) is 0.665. The molecule has 2 rings (SSSR count). The molecule has 5 heteroatoms. The van der Waals surface area contributed by atoms with Gasteiger partial charge in [0, 0.05) is 26.1 Å². The molecule has 5 nitrogen and oxygen atoms in total. The summed E-state index contributed by atoms with van der Waals surface area (Å²) in [6.45, 7) is 1.20. The van der Waals surface area contributed by atoms with Crippen molar-refractivity contribution < 1.29 is 9.59 Å². The van der Waals surface area contributed by atoms with Crippen LogP contribution < -0.4 is 5.32 Å². The van der Waals surface area contributed by atoms with E-state index in [2.05, 4.69) is 11.4 Å². The van der Waals surface area contributed by atoms with E-state index >= 15 is 0 Å². The van der Waals surface area contributed by atoms with Gasteiger partial charge in [0.15, 0.2) is 0 Å². The second kappa shape index (κ2) is 4.97. The number of carbonyl (C=O) groups excluding carboxylic acids is 2. The van der Waals surface area contributed by atoms with Gasteiger partial charge < -0.3 is 10.2 Å². The molecule has 98 valence electrons. The highest BCUT2D eigenvalue weighted by Crippen LogP contribution is 2.42. The normalized spacial score (nSPS) is 22.8. The van der Waals surface area contributed by atoms with Crippen LogP contribution in [-0.2, 0) is 9.59 Å². The largest absolute Gasteiger partial charge is 0.359 e. The van der Waals surface area contributed by atoms with Crippen molar-refractivity contribution in [1.29, 1.82) is 5.26 Å². The third-order valence-electron chi connectivity index (χ3n) is 4.23. The summed E-state index contributed by atoms with van der Waals surface area (Å²) in [5, 5.41) is 11.8. The van der Waals surface area contributed by atoms with E-state index < -0.39 is 5.41 Å². The number of carbonyl (C=O) groups is 2. The number of hydrogen-bond donors (Lipinski definition) is 1. The average Bonchev–Trinajstić information content (AvgIpc) is 2.37. The molecule has 2 fully saturated rings. The highest BCUT2D eigenvalue weighted by molar-refractivity contribution is 5.87. The van der Waals surface area contributed by atoms with E-state index in [-0.39, 0.29) is 17.7 Å². The van der Waals surface area contributed by atoms with Gasteiger partial charge >= 0.3 is 0 Å². The van der Waals surface area contributed by atoms with Crippen LogP contribution in [0.1, 0.15) is 32.1 Å². The molecule has 0 radical (unpaired) electrons. The van der Waals surface area contributed by atoms with Gasteiger partial charge in [-0.05, 0) is 32.1 Å². The summed E-state index contributed by atoms with van der Waals surface area (Å²) in [6, 6.07) is 2.19. The summed E-state index contributed by atoms with van der Waals surface area (Å²) in [4.78, 5) is 25.5. The van der Waals surface area contributed by atoms with Gasteiger partial charge in [0.2, 0.25) is 11.8 Å². The fraction of sp³-hybridized carbons (Fsp3) is 0.769. The molecular weight excluding hydrogens is 230 g/mol. The van der Waals surface area contributed by atoms with Gasteiger partial charge in [0.1, 0.15) is 5.41 Å². The summed E-state index contributed by atoms with van der Waals surface area (Å²) in [5.41, 5.74) is -0.750. The van der Waals surface area contributed by atoms with Crippen LogP contribution in [0.25, 0.3) is 0 Å². The summed E-state index contributed by atoms with van der Waals surface area (Å²) < 4.78 is 0. The minimum absolute atomic E-state index is 0.0125.